The molecule has 0 bridgehead atoms. The number of cyclic esters (lactones) is 1. The van der Waals surface area contributed by atoms with Crippen molar-refractivity contribution >= 4 is 12.1 Å². The quantitative estimate of drug-likeness (QED) is 0.351. The molecular weight excluding hydrogens is 274 g/mol. The highest BCUT2D eigenvalue weighted by molar-refractivity contribution is 5.86. The molecule has 1 aliphatic heterocycles. The first-order chi connectivity index (χ1) is 10.0. The van der Waals surface area contributed by atoms with Crippen LogP contribution in [0, 0.1) is 0 Å². The Balaban J connectivity index is 2.16. The Kier molecular flexibility index (Phi) is 7.82. The summed E-state index contributed by atoms with van der Waals surface area (Å²) in [5.41, 5.74) is 0.345. The molecule has 1 unspecified atom stereocenters. The maximum Gasteiger partial charge on any atom is 0.410 e. The van der Waals surface area contributed by atoms with Crippen LogP contribution in [0.2, 0.25) is 0 Å². The number of nitrogens with zero attached hydrogens (tertiary/aromatic N) is 1. The molecule has 6 heteroatoms. The van der Waals surface area contributed by atoms with Gasteiger partial charge in [-0.2, -0.15) is 0 Å². The van der Waals surface area contributed by atoms with Gasteiger partial charge in [0, 0.05) is 12.2 Å². The molecule has 120 valence electrons. The number of hydrogen-bond donors (Lipinski definition) is 0. The van der Waals surface area contributed by atoms with E-state index in [1.165, 1.54) is 4.90 Å². The molecule has 1 rings (SSSR count). The normalized spacial score (nSPS) is 17.7. The summed E-state index contributed by atoms with van der Waals surface area (Å²) in [5.74, 6) is -0.446. The van der Waals surface area contributed by atoms with Crippen LogP contribution in [0.15, 0.2) is 12.2 Å². The Hall–Kier alpha value is -1.56. The zero-order valence-electron chi connectivity index (χ0n) is 12.9. The average molecular weight is 299 g/mol. The van der Waals surface area contributed by atoms with Gasteiger partial charge in [0.25, 0.3) is 0 Å². The number of unbranched alkanes of at least 4 members (excludes halogenated alkanes) is 2. The molecule has 1 amide bonds. The number of rotatable bonds is 10. The Labute approximate surface area is 126 Å². The van der Waals surface area contributed by atoms with E-state index in [1.807, 2.05) is 0 Å². The second-order valence-corrected chi connectivity index (χ2v) is 5.15. The third-order valence-electron chi connectivity index (χ3n) is 3.09. The van der Waals surface area contributed by atoms with Crippen LogP contribution in [0.25, 0.3) is 0 Å². The number of hydrogen-bond acceptors (Lipinski definition) is 5. The first kappa shape index (κ1) is 17.5. The van der Waals surface area contributed by atoms with E-state index < -0.39 is 5.97 Å². The van der Waals surface area contributed by atoms with E-state index in [0.29, 0.717) is 31.9 Å². The SMILES string of the molecule is C=C(C)C(=O)OCCN1CC(COCCCCC)OC1=O. The Morgan fingerprint density at radius 2 is 2.19 bits per heavy atom. The summed E-state index contributed by atoms with van der Waals surface area (Å²) in [4.78, 5) is 24.4. The van der Waals surface area contributed by atoms with Gasteiger partial charge in [0.1, 0.15) is 12.7 Å². The summed E-state index contributed by atoms with van der Waals surface area (Å²) in [5, 5.41) is 0. The van der Waals surface area contributed by atoms with Crippen molar-refractivity contribution in [2.75, 3.05) is 32.9 Å². The molecule has 0 N–H and O–H groups in total. The van der Waals surface area contributed by atoms with E-state index in [9.17, 15) is 9.59 Å². The summed E-state index contributed by atoms with van der Waals surface area (Å²) in [6, 6.07) is 0. The highest BCUT2D eigenvalue weighted by atomic mass is 16.6. The van der Waals surface area contributed by atoms with Gasteiger partial charge < -0.3 is 19.1 Å². The second kappa shape index (κ2) is 9.39. The molecule has 1 aliphatic rings. The molecular formula is C15H25NO5. The summed E-state index contributed by atoms with van der Waals surface area (Å²) in [7, 11) is 0. The van der Waals surface area contributed by atoms with Gasteiger partial charge in [0.05, 0.1) is 19.7 Å². The van der Waals surface area contributed by atoms with Crippen LogP contribution >= 0.6 is 0 Å². The molecule has 0 aromatic heterocycles. The van der Waals surface area contributed by atoms with Crippen molar-refractivity contribution in [1.82, 2.24) is 4.90 Å². The molecule has 6 nitrogen and oxygen atoms in total. The fraction of sp³-hybridized carbons (Fsp3) is 0.733. The number of ether oxygens (including phenoxy) is 3. The lowest BCUT2D eigenvalue weighted by Gasteiger charge is -2.13. The van der Waals surface area contributed by atoms with E-state index in [1.54, 1.807) is 6.92 Å². The lowest BCUT2D eigenvalue weighted by molar-refractivity contribution is -0.139. The number of carbonyl (C=O) groups is 2. The van der Waals surface area contributed by atoms with Crippen LogP contribution < -0.4 is 0 Å². The van der Waals surface area contributed by atoms with Crippen LogP contribution in [-0.4, -0.2) is 56.0 Å². The van der Waals surface area contributed by atoms with Crippen molar-refractivity contribution in [3.05, 3.63) is 12.2 Å². The molecule has 0 aromatic carbocycles. The minimum absolute atomic E-state index is 0.144. The zero-order valence-corrected chi connectivity index (χ0v) is 12.9. The molecule has 1 heterocycles. The third kappa shape index (κ3) is 6.62. The molecule has 1 saturated heterocycles. The molecule has 21 heavy (non-hydrogen) atoms. The first-order valence-corrected chi connectivity index (χ1v) is 7.40. The minimum Gasteiger partial charge on any atom is -0.460 e. The lowest BCUT2D eigenvalue weighted by atomic mass is 10.3. The smallest absolute Gasteiger partial charge is 0.410 e. The van der Waals surface area contributed by atoms with E-state index in [4.69, 9.17) is 14.2 Å². The van der Waals surface area contributed by atoms with Gasteiger partial charge in [-0.25, -0.2) is 9.59 Å². The molecule has 1 atom stereocenters. The predicted molar refractivity (Wildman–Crippen MR) is 78.0 cm³/mol. The molecule has 0 saturated carbocycles. The van der Waals surface area contributed by atoms with E-state index in [-0.39, 0.29) is 18.8 Å². The molecule has 0 radical (unpaired) electrons. The second-order valence-electron chi connectivity index (χ2n) is 5.15. The van der Waals surface area contributed by atoms with Gasteiger partial charge in [-0.05, 0) is 13.3 Å². The highest BCUT2D eigenvalue weighted by Crippen LogP contribution is 2.11. The van der Waals surface area contributed by atoms with Gasteiger partial charge >= 0.3 is 12.1 Å². The fourth-order valence-corrected chi connectivity index (χ4v) is 1.88. The van der Waals surface area contributed by atoms with E-state index >= 15 is 0 Å². The summed E-state index contributed by atoms with van der Waals surface area (Å²) in [6.45, 7) is 9.25. The van der Waals surface area contributed by atoms with Crippen LogP contribution in [0.4, 0.5) is 4.79 Å². The van der Waals surface area contributed by atoms with Crippen molar-refractivity contribution in [3.8, 4) is 0 Å². The topological polar surface area (TPSA) is 65.1 Å². The summed E-state index contributed by atoms with van der Waals surface area (Å²) >= 11 is 0. The molecule has 0 aliphatic carbocycles. The van der Waals surface area contributed by atoms with Gasteiger partial charge in [-0.3, -0.25) is 0 Å². The van der Waals surface area contributed by atoms with Crippen LogP contribution in [0.1, 0.15) is 33.1 Å². The molecule has 1 fully saturated rings. The molecule has 0 spiro atoms. The number of esters is 1. The van der Waals surface area contributed by atoms with E-state index in [0.717, 1.165) is 19.3 Å². The summed E-state index contributed by atoms with van der Waals surface area (Å²) < 4.78 is 15.6. The minimum atomic E-state index is -0.446. The Bertz CT molecular complexity index is 369. The number of amides is 1. The Morgan fingerprint density at radius 1 is 1.43 bits per heavy atom. The zero-order chi connectivity index (χ0) is 15.7. The monoisotopic (exact) mass is 299 g/mol. The number of carbonyl (C=O) groups excluding carboxylic acids is 2. The van der Waals surface area contributed by atoms with Crippen molar-refractivity contribution in [2.45, 2.75) is 39.2 Å². The highest BCUT2D eigenvalue weighted by Gasteiger charge is 2.31. The third-order valence-corrected chi connectivity index (χ3v) is 3.09. The van der Waals surface area contributed by atoms with Gasteiger partial charge in [-0.15, -0.1) is 0 Å². The van der Waals surface area contributed by atoms with Crippen molar-refractivity contribution in [3.63, 3.8) is 0 Å². The van der Waals surface area contributed by atoms with Crippen LogP contribution in [0.5, 0.6) is 0 Å². The van der Waals surface area contributed by atoms with Gasteiger partial charge in [-0.1, -0.05) is 26.3 Å². The average Bonchev–Trinajstić information content (AvgIpc) is 2.79. The van der Waals surface area contributed by atoms with Crippen molar-refractivity contribution in [1.29, 1.82) is 0 Å². The first-order valence-electron chi connectivity index (χ1n) is 7.40. The molecule has 0 aromatic rings. The predicted octanol–water partition coefficient (Wildman–Crippen LogP) is 2.13. The van der Waals surface area contributed by atoms with Crippen molar-refractivity contribution < 1.29 is 23.8 Å². The van der Waals surface area contributed by atoms with Crippen LogP contribution in [-0.2, 0) is 19.0 Å². The largest absolute Gasteiger partial charge is 0.460 e. The van der Waals surface area contributed by atoms with E-state index in [2.05, 4.69) is 13.5 Å². The maximum atomic E-state index is 11.6. The standard InChI is InChI=1S/C15H25NO5/c1-4-5-6-8-19-11-13-10-16(15(18)21-13)7-9-20-14(17)12(2)3/h13H,2,4-11H2,1,3H3. The maximum absolute atomic E-state index is 11.6. The lowest BCUT2D eigenvalue weighted by Crippen LogP contribution is -2.30. The fourth-order valence-electron chi connectivity index (χ4n) is 1.88. The van der Waals surface area contributed by atoms with Crippen LogP contribution in [0.3, 0.4) is 0 Å². The summed E-state index contributed by atoms with van der Waals surface area (Å²) in [6.07, 6.45) is 2.69. The van der Waals surface area contributed by atoms with Gasteiger partial charge in [0.2, 0.25) is 0 Å². The van der Waals surface area contributed by atoms with Gasteiger partial charge in [0.15, 0.2) is 0 Å². The Morgan fingerprint density at radius 3 is 2.86 bits per heavy atom. The van der Waals surface area contributed by atoms with Crippen molar-refractivity contribution in [2.24, 2.45) is 0 Å².